The van der Waals surface area contributed by atoms with Crippen LogP contribution in [0.3, 0.4) is 0 Å². The molecule has 3 rings (SSSR count). The molecule has 2 unspecified atom stereocenters. The number of fused-ring (bicyclic) bond motifs is 1. The van der Waals surface area contributed by atoms with Gasteiger partial charge in [0.05, 0.1) is 10.7 Å². The highest BCUT2D eigenvalue weighted by Gasteiger charge is 2.31. The monoisotopic (exact) mass is 339 g/mol. The molecule has 1 aliphatic rings. The number of furan rings is 1. The van der Waals surface area contributed by atoms with Crippen LogP contribution in [-0.4, -0.2) is 18.9 Å². The van der Waals surface area contributed by atoms with Crippen molar-refractivity contribution in [3.8, 4) is 5.75 Å². The molecule has 0 bridgehead atoms. The standard InChI is InChI=1S/C14H14BrNO2S/c1-16-13(14-9(15)6-7-17-14)11-8-19-12-5-3-2-4-10(12)18-11/h2-7,11,13,16H,8H2,1H3. The maximum absolute atomic E-state index is 6.10. The molecule has 0 aliphatic carbocycles. The number of thioether (sulfide) groups is 1. The second-order valence-electron chi connectivity index (χ2n) is 4.31. The van der Waals surface area contributed by atoms with Crippen molar-refractivity contribution in [3.05, 3.63) is 46.8 Å². The van der Waals surface area contributed by atoms with Crippen molar-refractivity contribution >= 4 is 27.7 Å². The molecular formula is C14H14BrNO2S. The molecular weight excluding hydrogens is 326 g/mol. The van der Waals surface area contributed by atoms with Gasteiger partial charge >= 0.3 is 0 Å². The van der Waals surface area contributed by atoms with E-state index in [1.54, 1.807) is 6.26 Å². The van der Waals surface area contributed by atoms with Crippen LogP contribution < -0.4 is 10.1 Å². The van der Waals surface area contributed by atoms with E-state index >= 15 is 0 Å². The second-order valence-corrected chi connectivity index (χ2v) is 6.23. The number of rotatable bonds is 3. The molecule has 100 valence electrons. The summed E-state index contributed by atoms with van der Waals surface area (Å²) < 4.78 is 12.6. The minimum atomic E-state index is 0.0326. The van der Waals surface area contributed by atoms with Gasteiger partial charge in [-0.05, 0) is 41.2 Å². The van der Waals surface area contributed by atoms with Crippen LogP contribution in [0.2, 0.25) is 0 Å². The van der Waals surface area contributed by atoms with Gasteiger partial charge in [-0.15, -0.1) is 11.8 Å². The zero-order chi connectivity index (χ0) is 13.2. The minimum absolute atomic E-state index is 0.0326. The van der Waals surface area contributed by atoms with Crippen molar-refractivity contribution in [1.82, 2.24) is 5.32 Å². The SMILES string of the molecule is CNC(c1occc1Br)C1CSc2ccccc2O1. The first-order valence-corrected chi connectivity index (χ1v) is 7.86. The molecule has 2 heterocycles. The lowest BCUT2D eigenvalue weighted by Crippen LogP contribution is -2.37. The third kappa shape index (κ3) is 2.55. The number of ether oxygens (including phenoxy) is 1. The molecule has 1 aliphatic heterocycles. The Labute approximate surface area is 124 Å². The predicted molar refractivity (Wildman–Crippen MR) is 79.8 cm³/mol. The van der Waals surface area contributed by atoms with Crippen molar-refractivity contribution in [2.45, 2.75) is 17.0 Å². The van der Waals surface area contributed by atoms with E-state index in [9.17, 15) is 0 Å². The Bertz CT molecular complexity index is 572. The Balaban J connectivity index is 1.85. The third-order valence-electron chi connectivity index (χ3n) is 3.14. The number of hydrogen-bond acceptors (Lipinski definition) is 4. The third-order valence-corrected chi connectivity index (χ3v) is 4.94. The first-order chi connectivity index (χ1) is 9.29. The molecule has 19 heavy (non-hydrogen) atoms. The average molecular weight is 340 g/mol. The maximum Gasteiger partial charge on any atom is 0.138 e. The molecule has 1 N–H and O–H groups in total. The molecule has 2 atom stereocenters. The molecule has 0 spiro atoms. The number of benzene rings is 1. The fourth-order valence-corrected chi connectivity index (χ4v) is 3.70. The van der Waals surface area contributed by atoms with E-state index in [2.05, 4.69) is 27.3 Å². The summed E-state index contributed by atoms with van der Waals surface area (Å²) >= 11 is 5.33. The van der Waals surface area contributed by atoms with Gasteiger partial charge in [-0.2, -0.15) is 0 Å². The molecule has 0 radical (unpaired) electrons. The van der Waals surface area contributed by atoms with Crippen LogP contribution in [0.25, 0.3) is 0 Å². The summed E-state index contributed by atoms with van der Waals surface area (Å²) in [7, 11) is 1.92. The van der Waals surface area contributed by atoms with Crippen LogP contribution in [0, 0.1) is 0 Å². The summed E-state index contributed by atoms with van der Waals surface area (Å²) in [4.78, 5) is 1.20. The van der Waals surface area contributed by atoms with Crippen LogP contribution >= 0.6 is 27.7 Å². The summed E-state index contributed by atoms with van der Waals surface area (Å²) in [6.07, 6.45) is 1.74. The average Bonchev–Trinajstić information content (AvgIpc) is 2.86. The number of hydrogen-bond donors (Lipinski definition) is 1. The predicted octanol–water partition coefficient (Wildman–Crippen LogP) is 3.86. The smallest absolute Gasteiger partial charge is 0.138 e. The molecule has 0 fully saturated rings. The first kappa shape index (κ1) is 13.1. The number of halogens is 1. The summed E-state index contributed by atoms with van der Waals surface area (Å²) in [5.74, 6) is 2.73. The van der Waals surface area contributed by atoms with Gasteiger partial charge in [0.25, 0.3) is 0 Å². The minimum Gasteiger partial charge on any atom is -0.486 e. The van der Waals surface area contributed by atoms with Gasteiger partial charge in [-0.1, -0.05) is 12.1 Å². The molecule has 0 saturated heterocycles. The Morgan fingerprint density at radius 1 is 1.37 bits per heavy atom. The first-order valence-electron chi connectivity index (χ1n) is 6.08. The van der Waals surface area contributed by atoms with E-state index in [4.69, 9.17) is 9.15 Å². The van der Waals surface area contributed by atoms with Crippen molar-refractivity contribution in [2.24, 2.45) is 0 Å². The zero-order valence-corrected chi connectivity index (χ0v) is 12.8. The summed E-state index contributed by atoms with van der Waals surface area (Å²) in [5, 5.41) is 3.28. The fraction of sp³-hybridized carbons (Fsp3) is 0.286. The Kier molecular flexibility index (Phi) is 3.86. The van der Waals surface area contributed by atoms with Crippen LogP contribution in [0.1, 0.15) is 11.8 Å². The van der Waals surface area contributed by atoms with Gasteiger partial charge < -0.3 is 14.5 Å². The topological polar surface area (TPSA) is 34.4 Å². The summed E-state index contributed by atoms with van der Waals surface area (Å²) in [6, 6.07) is 10.1. The molecule has 0 amide bonds. The van der Waals surface area contributed by atoms with Crippen LogP contribution in [0.15, 0.2) is 50.4 Å². The molecule has 3 nitrogen and oxygen atoms in total. The maximum atomic E-state index is 6.10. The lowest BCUT2D eigenvalue weighted by Gasteiger charge is -2.30. The highest BCUT2D eigenvalue weighted by Crippen LogP contribution is 2.39. The van der Waals surface area contributed by atoms with Crippen molar-refractivity contribution in [2.75, 3.05) is 12.8 Å². The molecule has 1 aromatic heterocycles. The molecule has 0 saturated carbocycles. The van der Waals surface area contributed by atoms with Gasteiger partial charge in [-0.25, -0.2) is 0 Å². The van der Waals surface area contributed by atoms with Crippen LogP contribution in [0.5, 0.6) is 5.75 Å². The highest BCUT2D eigenvalue weighted by molar-refractivity contribution is 9.10. The lowest BCUT2D eigenvalue weighted by atomic mass is 10.1. The van der Waals surface area contributed by atoms with Gasteiger partial charge in [0.15, 0.2) is 0 Å². The van der Waals surface area contributed by atoms with Gasteiger partial charge in [0, 0.05) is 10.6 Å². The Morgan fingerprint density at radius 3 is 2.95 bits per heavy atom. The van der Waals surface area contributed by atoms with Crippen molar-refractivity contribution < 1.29 is 9.15 Å². The van der Waals surface area contributed by atoms with Crippen molar-refractivity contribution in [1.29, 1.82) is 0 Å². The van der Waals surface area contributed by atoms with E-state index in [1.807, 2.05) is 43.1 Å². The van der Waals surface area contributed by atoms with Crippen LogP contribution in [-0.2, 0) is 0 Å². The highest BCUT2D eigenvalue weighted by atomic mass is 79.9. The largest absolute Gasteiger partial charge is 0.486 e. The lowest BCUT2D eigenvalue weighted by molar-refractivity contribution is 0.158. The summed E-state index contributed by atoms with van der Waals surface area (Å²) in [5.41, 5.74) is 0. The van der Waals surface area contributed by atoms with E-state index < -0.39 is 0 Å². The van der Waals surface area contributed by atoms with Crippen molar-refractivity contribution in [3.63, 3.8) is 0 Å². The van der Waals surface area contributed by atoms with E-state index in [1.165, 1.54) is 4.90 Å². The van der Waals surface area contributed by atoms with E-state index in [0.29, 0.717) is 0 Å². The zero-order valence-electron chi connectivity index (χ0n) is 10.4. The van der Waals surface area contributed by atoms with E-state index in [0.717, 1.165) is 21.7 Å². The van der Waals surface area contributed by atoms with Gasteiger partial charge in [-0.3, -0.25) is 0 Å². The Morgan fingerprint density at radius 2 is 2.21 bits per heavy atom. The fourth-order valence-electron chi connectivity index (χ4n) is 2.21. The second kappa shape index (κ2) is 5.61. The molecule has 1 aromatic carbocycles. The Hall–Kier alpha value is -0.910. The van der Waals surface area contributed by atoms with Crippen LogP contribution in [0.4, 0.5) is 0 Å². The number of likely N-dealkylation sites (N-methyl/N-ethyl adjacent to an activating group) is 1. The number of para-hydroxylation sites is 1. The quantitative estimate of drug-likeness (QED) is 0.920. The van der Waals surface area contributed by atoms with Gasteiger partial charge in [0.2, 0.25) is 0 Å². The molecule has 2 aromatic rings. The normalized spacial score (nSPS) is 19.6. The number of nitrogens with one attached hydrogen (secondary N) is 1. The molecule has 5 heteroatoms. The summed E-state index contributed by atoms with van der Waals surface area (Å²) in [6.45, 7) is 0. The van der Waals surface area contributed by atoms with E-state index in [-0.39, 0.29) is 12.1 Å². The van der Waals surface area contributed by atoms with Gasteiger partial charge in [0.1, 0.15) is 23.7 Å².